The Morgan fingerprint density at radius 1 is 0.188 bits per heavy atom. The molecule has 374 valence electrons. The quantitative estimate of drug-likeness (QED) is 0.155. The van der Waals surface area contributed by atoms with Gasteiger partial charge in [0, 0.05) is 43.1 Å². The number of carbonyl (C=O) groups excluding carboxylic acids is 4. The van der Waals surface area contributed by atoms with Gasteiger partial charge in [-0.1, -0.05) is 158 Å². The zero-order chi connectivity index (χ0) is 53.1. The van der Waals surface area contributed by atoms with E-state index in [2.05, 4.69) is 115 Å². The number of hydrogen-bond donors (Lipinski definition) is 0. The lowest BCUT2D eigenvalue weighted by atomic mass is 10.1. The lowest BCUT2D eigenvalue weighted by Crippen LogP contribution is -2.35. The summed E-state index contributed by atoms with van der Waals surface area (Å²) in [4.78, 5) is 64.3. The molecule has 0 saturated heterocycles. The molecule has 0 radical (unpaired) electrons. The molecule has 11 aromatic carbocycles. The molecule has 10 nitrogen and oxygen atoms in total. The topological polar surface area (TPSA) is 94.5 Å². The van der Waals surface area contributed by atoms with Crippen LogP contribution in [-0.4, -0.2) is 41.9 Å². The van der Waals surface area contributed by atoms with Crippen LogP contribution in [0.1, 0.15) is 41.4 Å². The fourth-order valence-electron chi connectivity index (χ4n) is 13.3. The maximum absolute atomic E-state index is 15.5. The molecule has 0 bridgehead atoms. The van der Waals surface area contributed by atoms with Crippen molar-refractivity contribution in [2.75, 3.05) is 9.80 Å². The molecule has 0 saturated carbocycles. The van der Waals surface area contributed by atoms with Crippen LogP contribution in [0.2, 0.25) is 0 Å². The summed E-state index contributed by atoms with van der Waals surface area (Å²) < 4.78 is 8.71. The molecular weight excluding hydrogens is 989 g/mol. The molecule has 0 fully saturated rings. The van der Waals surface area contributed by atoms with E-state index in [9.17, 15) is 0 Å². The van der Waals surface area contributed by atoms with E-state index >= 15 is 19.2 Å². The largest absolute Gasteiger partial charge is 0.307 e. The first-order valence-corrected chi connectivity index (χ1v) is 26.6. The Balaban J connectivity index is 0.859. The van der Waals surface area contributed by atoms with E-state index in [-0.39, 0.29) is 33.6 Å². The normalized spacial score (nSPS) is 13.6. The Morgan fingerprint density at radius 3 is 0.537 bits per heavy atom. The van der Waals surface area contributed by atoms with Gasteiger partial charge in [0.1, 0.15) is 0 Å². The summed E-state index contributed by atoms with van der Waals surface area (Å²) in [6.07, 6.45) is 0. The molecule has 2 aliphatic rings. The number of amides is 4. The number of para-hydroxylation sites is 10. The first kappa shape index (κ1) is 44.1. The van der Waals surface area contributed by atoms with E-state index < -0.39 is 23.6 Å². The van der Waals surface area contributed by atoms with E-state index in [1.54, 1.807) is 24.3 Å². The lowest BCUT2D eigenvalue weighted by Gasteiger charge is -2.22. The molecule has 0 atom stereocenters. The van der Waals surface area contributed by atoms with Gasteiger partial charge in [0.2, 0.25) is 0 Å². The van der Waals surface area contributed by atoms with Gasteiger partial charge in [0.25, 0.3) is 23.6 Å². The minimum absolute atomic E-state index is 0.107. The molecule has 0 aliphatic carbocycles. The van der Waals surface area contributed by atoms with E-state index in [1.165, 1.54) is 0 Å². The summed E-state index contributed by atoms with van der Waals surface area (Å²) >= 11 is 0. The third-order valence-corrected chi connectivity index (χ3v) is 16.6. The standard InChI is InChI=1S/C70H40N6O4/c77-67-49-37-63(71-53-27-9-1-19-41(53)42-20-2-10-28-54(42)71)64(72-55-29-11-3-21-43(55)44-22-4-12-30-56(44)72)38-50(49)68(78)75(67)61-35-17-18-36-62(61)76-69(79)51-39-65(73-57-31-13-5-23-45(57)46-24-6-14-32-58(46)73)66(40-52(51)70(76)80)74-59-33-15-7-25-47(59)48-26-8-16-34-60(48)74/h1-40H. The second kappa shape index (κ2) is 16.2. The molecule has 4 amide bonds. The van der Waals surface area contributed by atoms with Crippen molar-refractivity contribution in [3.63, 3.8) is 0 Å². The van der Waals surface area contributed by atoms with Crippen molar-refractivity contribution in [3.05, 3.63) is 265 Å². The second-order valence-electron chi connectivity index (χ2n) is 20.6. The average Bonchev–Trinajstić information content (AvgIpc) is 4.30. The minimum Gasteiger partial charge on any atom is -0.307 e. The van der Waals surface area contributed by atoms with Crippen molar-refractivity contribution in [2.24, 2.45) is 0 Å². The van der Waals surface area contributed by atoms with E-state index in [0.29, 0.717) is 22.7 Å². The van der Waals surface area contributed by atoms with Gasteiger partial charge in [-0.15, -0.1) is 0 Å². The number of anilines is 2. The third kappa shape index (κ3) is 5.80. The predicted octanol–water partition coefficient (Wildman–Crippen LogP) is 15.7. The Hall–Kier alpha value is -11.1. The molecular formula is C70H40N6O4. The lowest BCUT2D eigenvalue weighted by molar-refractivity contribution is 0.0904. The van der Waals surface area contributed by atoms with Crippen LogP contribution in [0, 0.1) is 0 Å². The van der Waals surface area contributed by atoms with Gasteiger partial charge in [-0.2, -0.15) is 0 Å². The van der Waals surface area contributed by atoms with Crippen molar-refractivity contribution in [1.82, 2.24) is 18.3 Å². The van der Waals surface area contributed by atoms with Crippen LogP contribution in [0.3, 0.4) is 0 Å². The molecule has 10 heteroatoms. The highest BCUT2D eigenvalue weighted by atomic mass is 16.2. The Kier molecular flexibility index (Phi) is 8.93. The minimum atomic E-state index is -0.577. The van der Waals surface area contributed by atoms with Crippen LogP contribution in [0.5, 0.6) is 0 Å². The number of fused-ring (bicyclic) bond motifs is 14. The monoisotopic (exact) mass is 1030 g/mol. The summed E-state index contributed by atoms with van der Waals surface area (Å²) in [6, 6.07) is 79.7. The average molecular weight is 1030 g/mol. The smallest absolute Gasteiger partial charge is 0.266 e. The van der Waals surface area contributed by atoms with Crippen molar-refractivity contribution in [3.8, 4) is 22.7 Å². The molecule has 0 spiro atoms. The zero-order valence-corrected chi connectivity index (χ0v) is 42.4. The van der Waals surface area contributed by atoms with Crippen LogP contribution in [0.4, 0.5) is 11.4 Å². The molecule has 15 aromatic rings. The van der Waals surface area contributed by atoms with Gasteiger partial charge >= 0.3 is 0 Å². The molecule has 6 heterocycles. The molecule has 0 N–H and O–H groups in total. The van der Waals surface area contributed by atoms with Crippen LogP contribution < -0.4 is 9.80 Å². The Morgan fingerprint density at radius 2 is 0.350 bits per heavy atom. The van der Waals surface area contributed by atoms with E-state index in [1.807, 2.05) is 121 Å². The number of carbonyl (C=O) groups is 4. The van der Waals surface area contributed by atoms with Crippen molar-refractivity contribution < 1.29 is 19.2 Å². The SMILES string of the molecule is O=C1c2cc(-n3c4ccccc4c4ccccc43)c(-n3c4ccccc4c4ccccc43)cc2C(=O)N1c1ccccc1N1C(=O)c2cc(-n3c4ccccc4c4ccccc43)c(-n3c4ccccc4c4ccccc43)cc2C1=O. The third-order valence-electron chi connectivity index (χ3n) is 16.6. The predicted molar refractivity (Wildman–Crippen MR) is 319 cm³/mol. The zero-order valence-electron chi connectivity index (χ0n) is 42.4. The highest BCUT2D eigenvalue weighted by Crippen LogP contribution is 2.46. The van der Waals surface area contributed by atoms with Crippen molar-refractivity contribution in [1.29, 1.82) is 0 Å². The summed E-state index contributed by atoms with van der Waals surface area (Å²) in [6.45, 7) is 0. The number of benzene rings is 11. The Labute approximate surface area is 455 Å². The summed E-state index contributed by atoms with van der Waals surface area (Å²) in [7, 11) is 0. The first-order valence-electron chi connectivity index (χ1n) is 26.6. The van der Waals surface area contributed by atoms with Gasteiger partial charge in [-0.05, 0) is 84.9 Å². The summed E-state index contributed by atoms with van der Waals surface area (Å²) in [5.41, 5.74) is 11.2. The second-order valence-corrected chi connectivity index (χ2v) is 20.6. The number of hydrogen-bond acceptors (Lipinski definition) is 4. The first-order chi connectivity index (χ1) is 39.4. The number of imide groups is 2. The summed E-state index contributed by atoms with van der Waals surface area (Å²) in [5.74, 6) is -2.31. The number of aromatic nitrogens is 4. The fourth-order valence-corrected chi connectivity index (χ4v) is 13.3. The van der Waals surface area contributed by atoms with Crippen molar-refractivity contribution in [2.45, 2.75) is 0 Å². The van der Waals surface area contributed by atoms with Crippen LogP contribution in [0.25, 0.3) is 110 Å². The van der Waals surface area contributed by atoms with Gasteiger partial charge in [-0.3, -0.25) is 19.2 Å². The van der Waals surface area contributed by atoms with E-state index in [0.717, 1.165) is 97.0 Å². The van der Waals surface area contributed by atoms with Crippen molar-refractivity contribution >= 4 is 122 Å². The molecule has 2 aliphatic heterocycles. The van der Waals surface area contributed by atoms with Gasteiger partial charge in [0.15, 0.2) is 0 Å². The van der Waals surface area contributed by atoms with Crippen LogP contribution in [0.15, 0.2) is 243 Å². The van der Waals surface area contributed by atoms with Gasteiger partial charge < -0.3 is 18.3 Å². The molecule has 17 rings (SSSR count). The maximum atomic E-state index is 15.5. The van der Waals surface area contributed by atoms with Gasteiger partial charge in [0.05, 0.1) is 101 Å². The van der Waals surface area contributed by atoms with Crippen LogP contribution >= 0.6 is 0 Å². The molecule has 80 heavy (non-hydrogen) atoms. The highest BCUT2D eigenvalue weighted by molar-refractivity contribution is 6.39. The summed E-state index contributed by atoms with van der Waals surface area (Å²) in [5, 5.41) is 8.33. The Bertz CT molecular complexity index is 4470. The van der Waals surface area contributed by atoms with Crippen LogP contribution in [-0.2, 0) is 0 Å². The molecule has 0 unspecified atom stereocenters. The number of rotatable bonds is 6. The molecule has 4 aromatic heterocycles. The maximum Gasteiger partial charge on any atom is 0.266 e. The highest BCUT2D eigenvalue weighted by Gasteiger charge is 2.44. The van der Waals surface area contributed by atoms with Gasteiger partial charge in [-0.25, -0.2) is 9.80 Å². The fraction of sp³-hybridized carbons (Fsp3) is 0. The van der Waals surface area contributed by atoms with E-state index in [4.69, 9.17) is 0 Å². The number of nitrogens with zero attached hydrogens (tertiary/aromatic N) is 6.